The Kier molecular flexibility index (Phi) is 5.81. The van der Waals surface area contributed by atoms with Crippen LogP contribution in [0.5, 0.6) is 0 Å². The summed E-state index contributed by atoms with van der Waals surface area (Å²) in [6.45, 7) is 8.15. The molecule has 0 aliphatic heterocycles. The van der Waals surface area contributed by atoms with Gasteiger partial charge in [-0.2, -0.15) is 0 Å². The van der Waals surface area contributed by atoms with Crippen molar-refractivity contribution in [2.24, 2.45) is 11.8 Å². The lowest BCUT2D eigenvalue weighted by Crippen LogP contribution is -2.04. The number of alkyl halides is 1. The molecule has 0 aromatic carbocycles. The molecule has 0 nitrogen and oxygen atoms in total. The highest BCUT2D eigenvalue weighted by atomic mass is 35.5. The number of hydrogen-bond acceptors (Lipinski definition) is 0. The lowest BCUT2D eigenvalue weighted by Gasteiger charge is -2.13. The molecule has 0 radical (unpaired) electrons. The van der Waals surface area contributed by atoms with E-state index in [0.717, 1.165) is 18.2 Å². The topological polar surface area (TPSA) is 0 Å². The molecule has 0 rings (SSSR count). The Morgan fingerprint density at radius 1 is 1.50 bits per heavy atom. The highest BCUT2D eigenvalue weighted by molar-refractivity contribution is 6.18. The van der Waals surface area contributed by atoms with Crippen molar-refractivity contribution in [2.45, 2.75) is 26.7 Å². The SMILES string of the molecule is C=CCC(CCl)CC(C)C. The van der Waals surface area contributed by atoms with Crippen LogP contribution in [0.3, 0.4) is 0 Å². The highest BCUT2D eigenvalue weighted by Crippen LogP contribution is 2.16. The number of halogens is 1. The third-order valence-electron chi connectivity index (χ3n) is 1.52. The maximum atomic E-state index is 5.74. The van der Waals surface area contributed by atoms with E-state index in [4.69, 9.17) is 11.6 Å². The van der Waals surface area contributed by atoms with Crippen molar-refractivity contribution in [1.29, 1.82) is 0 Å². The fraction of sp³-hybridized carbons (Fsp3) is 0.778. The van der Waals surface area contributed by atoms with E-state index in [1.807, 2.05) is 6.08 Å². The van der Waals surface area contributed by atoms with Crippen LogP contribution < -0.4 is 0 Å². The largest absolute Gasteiger partial charge is 0.126 e. The molecule has 0 heterocycles. The number of rotatable bonds is 5. The molecule has 0 aromatic rings. The minimum Gasteiger partial charge on any atom is -0.126 e. The van der Waals surface area contributed by atoms with Crippen molar-refractivity contribution in [1.82, 2.24) is 0 Å². The zero-order valence-corrected chi connectivity index (χ0v) is 7.69. The van der Waals surface area contributed by atoms with Crippen molar-refractivity contribution in [2.75, 3.05) is 5.88 Å². The minimum atomic E-state index is 0.638. The molecule has 0 bridgehead atoms. The van der Waals surface area contributed by atoms with Crippen LogP contribution in [0.2, 0.25) is 0 Å². The van der Waals surface area contributed by atoms with E-state index < -0.39 is 0 Å². The summed E-state index contributed by atoms with van der Waals surface area (Å²) in [6.07, 6.45) is 4.23. The van der Waals surface area contributed by atoms with Gasteiger partial charge in [0.15, 0.2) is 0 Å². The van der Waals surface area contributed by atoms with Gasteiger partial charge in [0.1, 0.15) is 0 Å². The Hall–Kier alpha value is 0.0300. The Labute approximate surface area is 69.3 Å². The summed E-state index contributed by atoms with van der Waals surface area (Å²) in [5, 5.41) is 0. The van der Waals surface area contributed by atoms with Gasteiger partial charge < -0.3 is 0 Å². The molecule has 1 heteroatoms. The molecule has 0 amide bonds. The Morgan fingerprint density at radius 3 is 2.40 bits per heavy atom. The second kappa shape index (κ2) is 5.79. The molecule has 0 aliphatic carbocycles. The van der Waals surface area contributed by atoms with E-state index in [-0.39, 0.29) is 0 Å². The molecule has 10 heavy (non-hydrogen) atoms. The second-order valence-electron chi connectivity index (χ2n) is 3.17. The van der Waals surface area contributed by atoms with Gasteiger partial charge in [-0.05, 0) is 24.7 Å². The van der Waals surface area contributed by atoms with Gasteiger partial charge in [0.05, 0.1) is 0 Å². The summed E-state index contributed by atoms with van der Waals surface area (Å²) in [4.78, 5) is 0. The summed E-state index contributed by atoms with van der Waals surface area (Å²) in [5.41, 5.74) is 0. The first-order chi connectivity index (χ1) is 4.70. The summed E-state index contributed by atoms with van der Waals surface area (Å²) >= 11 is 5.74. The molecule has 0 fully saturated rings. The van der Waals surface area contributed by atoms with Gasteiger partial charge in [-0.15, -0.1) is 18.2 Å². The molecule has 1 atom stereocenters. The molecule has 0 spiro atoms. The van der Waals surface area contributed by atoms with Crippen molar-refractivity contribution >= 4 is 11.6 Å². The van der Waals surface area contributed by atoms with Crippen molar-refractivity contribution in [3.63, 3.8) is 0 Å². The third-order valence-corrected chi connectivity index (χ3v) is 1.96. The van der Waals surface area contributed by atoms with E-state index in [1.165, 1.54) is 6.42 Å². The summed E-state index contributed by atoms with van der Waals surface area (Å²) in [6, 6.07) is 0. The van der Waals surface area contributed by atoms with Gasteiger partial charge in [-0.1, -0.05) is 19.9 Å². The van der Waals surface area contributed by atoms with Gasteiger partial charge in [0.25, 0.3) is 0 Å². The predicted molar refractivity (Wildman–Crippen MR) is 48.5 cm³/mol. The van der Waals surface area contributed by atoms with Gasteiger partial charge in [0.2, 0.25) is 0 Å². The molecule has 0 saturated carbocycles. The maximum absolute atomic E-state index is 5.74. The van der Waals surface area contributed by atoms with Crippen LogP contribution in [0.4, 0.5) is 0 Å². The van der Waals surface area contributed by atoms with Crippen molar-refractivity contribution in [3.05, 3.63) is 12.7 Å². The fourth-order valence-electron chi connectivity index (χ4n) is 1.12. The predicted octanol–water partition coefficient (Wildman–Crippen LogP) is 3.46. The summed E-state index contributed by atoms with van der Waals surface area (Å²) < 4.78 is 0. The van der Waals surface area contributed by atoms with Crippen LogP contribution in [0, 0.1) is 11.8 Å². The monoisotopic (exact) mass is 160 g/mol. The third kappa shape index (κ3) is 4.87. The number of hydrogen-bond donors (Lipinski definition) is 0. The minimum absolute atomic E-state index is 0.638. The molecule has 0 N–H and O–H groups in total. The molecule has 0 aromatic heterocycles. The maximum Gasteiger partial charge on any atom is 0.0254 e. The van der Waals surface area contributed by atoms with E-state index in [0.29, 0.717) is 5.92 Å². The zero-order chi connectivity index (χ0) is 7.98. The van der Waals surface area contributed by atoms with Crippen LogP contribution in [0.25, 0.3) is 0 Å². The first-order valence-electron chi connectivity index (χ1n) is 3.87. The van der Waals surface area contributed by atoms with Crippen molar-refractivity contribution < 1.29 is 0 Å². The first-order valence-corrected chi connectivity index (χ1v) is 4.41. The van der Waals surface area contributed by atoms with Gasteiger partial charge in [-0.3, -0.25) is 0 Å². The van der Waals surface area contributed by atoms with Crippen LogP contribution >= 0.6 is 11.6 Å². The molecule has 0 saturated heterocycles. The van der Waals surface area contributed by atoms with Gasteiger partial charge >= 0.3 is 0 Å². The average molecular weight is 161 g/mol. The first kappa shape index (κ1) is 10.0. The molecule has 60 valence electrons. The highest BCUT2D eigenvalue weighted by Gasteiger charge is 2.06. The van der Waals surface area contributed by atoms with Crippen LogP contribution in [0.15, 0.2) is 12.7 Å². The Morgan fingerprint density at radius 2 is 2.10 bits per heavy atom. The van der Waals surface area contributed by atoms with Gasteiger partial charge in [0, 0.05) is 5.88 Å². The quantitative estimate of drug-likeness (QED) is 0.427. The average Bonchev–Trinajstić information content (AvgIpc) is 1.86. The van der Waals surface area contributed by atoms with Gasteiger partial charge in [-0.25, -0.2) is 0 Å². The Bertz CT molecular complexity index is 86.7. The van der Waals surface area contributed by atoms with Crippen LogP contribution in [-0.2, 0) is 0 Å². The molecular weight excluding hydrogens is 144 g/mol. The standard InChI is InChI=1S/C9H17Cl/c1-4-5-9(7-10)6-8(2)3/h4,8-9H,1,5-7H2,2-3H3. The summed E-state index contributed by atoms with van der Waals surface area (Å²) in [5.74, 6) is 2.16. The fourth-order valence-corrected chi connectivity index (χ4v) is 1.38. The Balaban J connectivity index is 3.48. The van der Waals surface area contributed by atoms with E-state index in [1.54, 1.807) is 0 Å². The summed E-state index contributed by atoms with van der Waals surface area (Å²) in [7, 11) is 0. The molecular formula is C9H17Cl. The van der Waals surface area contributed by atoms with E-state index in [2.05, 4.69) is 20.4 Å². The zero-order valence-electron chi connectivity index (χ0n) is 6.94. The van der Waals surface area contributed by atoms with Crippen molar-refractivity contribution in [3.8, 4) is 0 Å². The smallest absolute Gasteiger partial charge is 0.0254 e. The normalized spacial score (nSPS) is 13.6. The second-order valence-corrected chi connectivity index (χ2v) is 3.48. The van der Waals surface area contributed by atoms with E-state index in [9.17, 15) is 0 Å². The molecule has 0 aliphatic rings. The lowest BCUT2D eigenvalue weighted by atomic mass is 9.96. The lowest BCUT2D eigenvalue weighted by molar-refractivity contribution is 0.447. The van der Waals surface area contributed by atoms with Crippen LogP contribution in [-0.4, -0.2) is 5.88 Å². The van der Waals surface area contributed by atoms with Crippen LogP contribution in [0.1, 0.15) is 26.7 Å². The molecule has 1 unspecified atom stereocenters. The number of allylic oxidation sites excluding steroid dienone is 1. The van der Waals surface area contributed by atoms with E-state index >= 15 is 0 Å².